The molecule has 0 spiro atoms. The van der Waals surface area contributed by atoms with Gasteiger partial charge in [-0.3, -0.25) is 9.36 Å². The minimum atomic E-state index is -3.67. The Balaban J connectivity index is 3.79. The Morgan fingerprint density at radius 2 is 1.24 bits per heavy atom. The average Bonchev–Trinajstić information content (AvgIpc) is 2.72. The molecule has 0 aromatic rings. The van der Waals surface area contributed by atoms with Crippen LogP contribution >= 0.6 is 7.60 Å². The third-order valence-corrected chi connectivity index (χ3v) is 7.30. The quantitative estimate of drug-likeness (QED) is 0.0713. The molecule has 0 aromatic heterocycles. The number of nitrogens with zero attached hydrogens (tertiary/aromatic N) is 1. The molecule has 0 saturated carbocycles. The molecular formula is C26H55NO5P+. The summed E-state index contributed by atoms with van der Waals surface area (Å²) in [7, 11) is 2.24. The second kappa shape index (κ2) is 19.8. The molecule has 0 aliphatic rings. The van der Waals surface area contributed by atoms with E-state index in [0.29, 0.717) is 17.4 Å². The van der Waals surface area contributed by atoms with Crippen molar-refractivity contribution in [3.63, 3.8) is 0 Å². The Kier molecular flexibility index (Phi) is 19.6. The van der Waals surface area contributed by atoms with Crippen LogP contribution in [0.2, 0.25) is 0 Å². The summed E-state index contributed by atoms with van der Waals surface area (Å²) in [6.45, 7) is 4.17. The Hall–Kier alpha value is -0.420. The monoisotopic (exact) mass is 492 g/mol. The smallest absolute Gasteiger partial charge is 0.333 e. The van der Waals surface area contributed by atoms with Crippen molar-refractivity contribution in [3.05, 3.63) is 0 Å². The molecule has 0 aromatic carbocycles. The second-order valence-corrected chi connectivity index (χ2v) is 12.6. The highest BCUT2D eigenvalue weighted by Crippen LogP contribution is 2.42. The summed E-state index contributed by atoms with van der Waals surface area (Å²) >= 11 is 0. The molecule has 2 atom stereocenters. The summed E-state index contributed by atoms with van der Waals surface area (Å²) in [6.07, 6.45) is 19.9. The SMILES string of the molecule is CCCCCCCCCCCCCCCCCC(COP(=O)(O)CC[N+](C)(C)C)OC(C)=O. The van der Waals surface area contributed by atoms with Gasteiger partial charge in [0.15, 0.2) is 0 Å². The molecule has 33 heavy (non-hydrogen) atoms. The fourth-order valence-corrected chi connectivity index (χ4v) is 5.23. The third-order valence-electron chi connectivity index (χ3n) is 5.98. The Morgan fingerprint density at radius 3 is 1.64 bits per heavy atom. The zero-order valence-corrected chi connectivity index (χ0v) is 23.4. The maximum absolute atomic E-state index is 12.2. The van der Waals surface area contributed by atoms with Crippen LogP contribution < -0.4 is 0 Å². The molecule has 0 heterocycles. The van der Waals surface area contributed by atoms with E-state index in [2.05, 4.69) is 6.92 Å². The van der Waals surface area contributed by atoms with Crippen LogP contribution in [0.25, 0.3) is 0 Å². The van der Waals surface area contributed by atoms with Gasteiger partial charge in [-0.05, 0) is 12.8 Å². The van der Waals surface area contributed by atoms with E-state index >= 15 is 0 Å². The van der Waals surface area contributed by atoms with E-state index in [1.807, 2.05) is 21.1 Å². The van der Waals surface area contributed by atoms with Gasteiger partial charge in [0.2, 0.25) is 0 Å². The second-order valence-electron chi connectivity index (χ2n) is 10.6. The van der Waals surface area contributed by atoms with Crippen LogP contribution in [0.5, 0.6) is 0 Å². The highest BCUT2D eigenvalue weighted by Gasteiger charge is 2.25. The molecule has 2 unspecified atom stereocenters. The molecule has 198 valence electrons. The summed E-state index contributed by atoms with van der Waals surface area (Å²) in [4.78, 5) is 21.4. The van der Waals surface area contributed by atoms with Crippen molar-refractivity contribution in [2.24, 2.45) is 0 Å². The third kappa shape index (κ3) is 24.5. The van der Waals surface area contributed by atoms with Gasteiger partial charge in [0, 0.05) is 6.92 Å². The van der Waals surface area contributed by atoms with Crippen LogP contribution in [0.1, 0.15) is 117 Å². The number of carbonyl (C=O) groups excluding carboxylic acids is 1. The number of ether oxygens (including phenoxy) is 1. The van der Waals surface area contributed by atoms with Crippen LogP contribution in [0, 0.1) is 0 Å². The van der Waals surface area contributed by atoms with Crippen LogP contribution in [0.15, 0.2) is 0 Å². The van der Waals surface area contributed by atoms with Gasteiger partial charge in [-0.2, -0.15) is 0 Å². The summed E-state index contributed by atoms with van der Waals surface area (Å²) in [5.41, 5.74) is 0. The van der Waals surface area contributed by atoms with Crippen LogP contribution in [-0.4, -0.2) is 61.9 Å². The van der Waals surface area contributed by atoms with Crippen LogP contribution in [0.4, 0.5) is 0 Å². The first kappa shape index (κ1) is 32.6. The lowest BCUT2D eigenvalue weighted by atomic mass is 10.0. The first-order valence-electron chi connectivity index (χ1n) is 13.5. The zero-order valence-electron chi connectivity index (χ0n) is 22.5. The molecule has 0 bridgehead atoms. The van der Waals surface area contributed by atoms with Crippen molar-refractivity contribution in [3.8, 4) is 0 Å². The number of unbranched alkanes of at least 4 members (excludes halogenated alkanes) is 14. The van der Waals surface area contributed by atoms with E-state index in [0.717, 1.165) is 12.8 Å². The fourth-order valence-electron chi connectivity index (χ4n) is 3.84. The Labute approximate surface area is 204 Å². The maximum atomic E-state index is 12.2. The number of rotatable bonds is 23. The van der Waals surface area contributed by atoms with Crippen molar-refractivity contribution in [1.29, 1.82) is 0 Å². The van der Waals surface area contributed by atoms with E-state index in [9.17, 15) is 14.3 Å². The minimum Gasteiger partial charge on any atom is -0.460 e. The number of hydrogen-bond donors (Lipinski definition) is 1. The van der Waals surface area contributed by atoms with Gasteiger partial charge in [-0.1, -0.05) is 96.8 Å². The molecule has 0 radical (unpaired) electrons. The normalized spacial score (nSPS) is 14.7. The summed E-state index contributed by atoms with van der Waals surface area (Å²) in [6, 6.07) is 0. The highest BCUT2D eigenvalue weighted by molar-refractivity contribution is 7.52. The van der Waals surface area contributed by atoms with Gasteiger partial charge in [0.05, 0.1) is 40.5 Å². The molecule has 0 fully saturated rings. The van der Waals surface area contributed by atoms with Gasteiger partial charge in [-0.15, -0.1) is 0 Å². The van der Waals surface area contributed by atoms with E-state index in [1.54, 1.807) is 0 Å². The summed E-state index contributed by atoms with van der Waals surface area (Å²) in [5, 5.41) is 0. The van der Waals surface area contributed by atoms with Gasteiger partial charge < -0.3 is 18.6 Å². The van der Waals surface area contributed by atoms with Crippen LogP contribution in [-0.2, 0) is 18.6 Å². The molecular weight excluding hydrogens is 437 g/mol. The fraction of sp³-hybridized carbons (Fsp3) is 0.962. The molecule has 0 saturated heterocycles. The predicted octanol–water partition coefficient (Wildman–Crippen LogP) is 7.09. The lowest BCUT2D eigenvalue weighted by Gasteiger charge is -2.25. The first-order chi connectivity index (χ1) is 15.6. The number of quaternary nitrogens is 1. The molecule has 7 heteroatoms. The molecule has 0 aliphatic carbocycles. The first-order valence-corrected chi connectivity index (χ1v) is 15.3. The lowest BCUT2D eigenvalue weighted by molar-refractivity contribution is -0.867. The van der Waals surface area contributed by atoms with Crippen molar-refractivity contribution >= 4 is 13.6 Å². The molecule has 0 aliphatic heterocycles. The molecule has 0 rings (SSSR count). The number of carbonyl (C=O) groups is 1. The van der Waals surface area contributed by atoms with E-state index in [4.69, 9.17) is 9.26 Å². The van der Waals surface area contributed by atoms with Crippen LogP contribution in [0.3, 0.4) is 0 Å². The van der Waals surface area contributed by atoms with E-state index in [-0.39, 0.29) is 18.7 Å². The lowest BCUT2D eigenvalue weighted by Crippen LogP contribution is -2.37. The topological polar surface area (TPSA) is 72.8 Å². The molecule has 1 N–H and O–H groups in total. The van der Waals surface area contributed by atoms with Crippen molar-refractivity contribution in [2.75, 3.05) is 40.5 Å². The van der Waals surface area contributed by atoms with Gasteiger partial charge >= 0.3 is 13.6 Å². The standard InChI is InChI=1S/C26H54NO5P/c1-6-7-8-9-10-11-12-13-14-15-16-17-18-19-20-21-26(32-25(2)28)24-31-33(29,30)23-22-27(3,4)5/h26H,6-24H2,1-5H3/p+1. The summed E-state index contributed by atoms with van der Waals surface area (Å²) < 4.78 is 23.4. The zero-order chi connectivity index (χ0) is 25.0. The van der Waals surface area contributed by atoms with Crippen molar-refractivity contribution in [2.45, 2.75) is 123 Å². The van der Waals surface area contributed by atoms with Gasteiger partial charge in [0.1, 0.15) is 6.10 Å². The minimum absolute atomic E-state index is 0.0108. The predicted molar refractivity (Wildman–Crippen MR) is 139 cm³/mol. The Bertz CT molecular complexity index is 521. The average molecular weight is 493 g/mol. The summed E-state index contributed by atoms with van der Waals surface area (Å²) in [5.74, 6) is -0.372. The van der Waals surface area contributed by atoms with Gasteiger partial charge in [-0.25, -0.2) is 0 Å². The maximum Gasteiger partial charge on any atom is 0.333 e. The van der Waals surface area contributed by atoms with Crippen molar-refractivity contribution in [1.82, 2.24) is 0 Å². The Morgan fingerprint density at radius 1 is 0.818 bits per heavy atom. The molecule has 6 nitrogen and oxygen atoms in total. The van der Waals surface area contributed by atoms with E-state index in [1.165, 1.54) is 90.4 Å². The van der Waals surface area contributed by atoms with Crippen molar-refractivity contribution < 1.29 is 28.0 Å². The largest absolute Gasteiger partial charge is 0.460 e. The van der Waals surface area contributed by atoms with Gasteiger partial charge in [0.25, 0.3) is 0 Å². The number of esters is 1. The highest BCUT2D eigenvalue weighted by atomic mass is 31.2. The van der Waals surface area contributed by atoms with E-state index < -0.39 is 13.7 Å². The number of hydrogen-bond acceptors (Lipinski definition) is 4. The molecule has 0 amide bonds.